The van der Waals surface area contributed by atoms with Crippen LogP contribution in [0, 0.1) is 6.92 Å². The third-order valence-electron chi connectivity index (χ3n) is 6.04. The van der Waals surface area contributed by atoms with Crippen LogP contribution >= 0.6 is 11.3 Å². The average molecular weight is 517 g/mol. The zero-order chi connectivity index (χ0) is 26.0. The molecule has 7 nitrogen and oxygen atoms in total. The Morgan fingerprint density at radius 2 is 1.65 bits per heavy atom. The van der Waals surface area contributed by atoms with Crippen molar-refractivity contribution in [1.82, 2.24) is 20.2 Å². The molecule has 4 aromatic rings. The summed E-state index contributed by atoms with van der Waals surface area (Å²) >= 11 is 1.51. The average Bonchev–Trinajstić information content (AvgIpc) is 3.40. The fraction of sp³-hybridized carbons (Fsp3) is 0.276. The molecule has 8 heteroatoms. The quantitative estimate of drug-likeness (QED) is 0.284. The van der Waals surface area contributed by atoms with Gasteiger partial charge in [-0.1, -0.05) is 35.9 Å². The molecule has 0 radical (unpaired) electrons. The molecule has 4 rings (SSSR count). The van der Waals surface area contributed by atoms with Crippen LogP contribution < -0.4 is 14.8 Å². The minimum atomic E-state index is -0.172. The number of nitrogens with one attached hydrogen (secondary N) is 1. The predicted molar refractivity (Wildman–Crippen MR) is 146 cm³/mol. The molecule has 0 atom stereocenters. The van der Waals surface area contributed by atoms with Gasteiger partial charge < -0.3 is 14.8 Å². The highest BCUT2D eigenvalue weighted by Gasteiger charge is 2.15. The number of nitrogens with zero attached hydrogens (tertiary/aromatic N) is 3. The number of thiazole rings is 1. The lowest BCUT2D eigenvalue weighted by molar-refractivity contribution is 0.0946. The van der Waals surface area contributed by atoms with Crippen LogP contribution in [-0.2, 0) is 26.1 Å². The van der Waals surface area contributed by atoms with Gasteiger partial charge in [0.2, 0.25) is 0 Å². The first-order chi connectivity index (χ1) is 18.0. The summed E-state index contributed by atoms with van der Waals surface area (Å²) in [4.78, 5) is 23.7. The van der Waals surface area contributed by atoms with Gasteiger partial charge in [0.25, 0.3) is 5.91 Å². The first-order valence-electron chi connectivity index (χ1n) is 12.1. The number of pyridine rings is 1. The van der Waals surface area contributed by atoms with E-state index >= 15 is 0 Å². The normalized spacial score (nSPS) is 10.9. The second kappa shape index (κ2) is 13.0. The molecule has 0 aliphatic heterocycles. The van der Waals surface area contributed by atoms with Gasteiger partial charge in [0, 0.05) is 37.4 Å². The van der Waals surface area contributed by atoms with Crippen LogP contribution in [0.4, 0.5) is 0 Å². The molecule has 2 aromatic carbocycles. The number of amides is 1. The third-order valence-corrected chi connectivity index (χ3v) is 6.87. The van der Waals surface area contributed by atoms with Crippen molar-refractivity contribution in [2.45, 2.75) is 33.0 Å². The Bertz CT molecular complexity index is 1290. The summed E-state index contributed by atoms with van der Waals surface area (Å²) in [5, 5.41) is 5.68. The monoisotopic (exact) mass is 516 g/mol. The number of rotatable bonds is 12. The Morgan fingerprint density at radius 3 is 2.38 bits per heavy atom. The molecule has 0 saturated carbocycles. The van der Waals surface area contributed by atoms with Crippen LogP contribution in [0.5, 0.6) is 11.5 Å². The van der Waals surface area contributed by atoms with E-state index in [2.05, 4.69) is 57.4 Å². The fourth-order valence-corrected chi connectivity index (χ4v) is 4.76. The smallest absolute Gasteiger partial charge is 0.271 e. The molecule has 2 heterocycles. The first-order valence-corrected chi connectivity index (χ1v) is 13.0. The lowest BCUT2D eigenvalue weighted by Gasteiger charge is -2.22. The molecule has 0 spiro atoms. The number of ether oxygens (including phenoxy) is 2. The van der Waals surface area contributed by atoms with Gasteiger partial charge in [-0.2, -0.15) is 0 Å². The Labute approximate surface area is 222 Å². The number of aromatic nitrogens is 2. The molecule has 1 N–H and O–H groups in total. The van der Waals surface area contributed by atoms with E-state index < -0.39 is 0 Å². The first kappa shape index (κ1) is 26.3. The molecule has 1 amide bonds. The Hall–Kier alpha value is -3.75. The number of methoxy groups -OCH3 is 2. The van der Waals surface area contributed by atoms with Crippen LogP contribution in [0.2, 0.25) is 0 Å². The Balaban J connectivity index is 1.43. The van der Waals surface area contributed by atoms with E-state index in [9.17, 15) is 4.79 Å². The minimum absolute atomic E-state index is 0.172. The maximum Gasteiger partial charge on any atom is 0.271 e. The SMILES string of the molecule is COc1ccc(CCN(Cc2ccc(C)cc2)Cc2nc(C(=O)NCc3ccncc3)cs2)cc1OC. The third kappa shape index (κ3) is 7.62. The molecule has 0 saturated heterocycles. The van der Waals surface area contributed by atoms with Crippen molar-refractivity contribution >= 4 is 17.2 Å². The summed E-state index contributed by atoms with van der Waals surface area (Å²) < 4.78 is 10.8. The highest BCUT2D eigenvalue weighted by atomic mass is 32.1. The molecule has 192 valence electrons. The van der Waals surface area contributed by atoms with Crippen molar-refractivity contribution in [3.05, 3.63) is 105 Å². The van der Waals surface area contributed by atoms with E-state index in [0.29, 0.717) is 18.8 Å². The van der Waals surface area contributed by atoms with Gasteiger partial charge in [-0.25, -0.2) is 4.98 Å². The highest BCUT2D eigenvalue weighted by Crippen LogP contribution is 2.28. The maximum atomic E-state index is 12.6. The number of carbonyl (C=O) groups excluding carboxylic acids is 1. The van der Waals surface area contributed by atoms with Gasteiger partial charge in [-0.05, 0) is 54.3 Å². The van der Waals surface area contributed by atoms with Crippen LogP contribution in [0.3, 0.4) is 0 Å². The van der Waals surface area contributed by atoms with Gasteiger partial charge in [-0.3, -0.25) is 14.7 Å². The van der Waals surface area contributed by atoms with E-state index in [1.807, 2.05) is 29.6 Å². The van der Waals surface area contributed by atoms with E-state index in [0.717, 1.165) is 41.6 Å². The molecule has 0 bridgehead atoms. The summed E-state index contributed by atoms with van der Waals surface area (Å²) in [7, 11) is 3.29. The van der Waals surface area contributed by atoms with E-state index in [1.54, 1.807) is 26.6 Å². The van der Waals surface area contributed by atoms with Crippen molar-refractivity contribution in [3.63, 3.8) is 0 Å². The summed E-state index contributed by atoms with van der Waals surface area (Å²) in [6.45, 7) is 4.81. The lowest BCUT2D eigenvalue weighted by Crippen LogP contribution is -2.26. The zero-order valence-electron chi connectivity index (χ0n) is 21.4. The van der Waals surface area contributed by atoms with Crippen LogP contribution in [0.1, 0.15) is 37.7 Å². The second-order valence-electron chi connectivity index (χ2n) is 8.80. The number of aryl methyl sites for hydroxylation is 1. The van der Waals surface area contributed by atoms with Crippen molar-refractivity contribution < 1.29 is 14.3 Å². The number of carbonyl (C=O) groups is 1. The van der Waals surface area contributed by atoms with E-state index in [1.165, 1.54) is 28.0 Å². The molecular weight excluding hydrogens is 484 g/mol. The van der Waals surface area contributed by atoms with Crippen LogP contribution in [0.15, 0.2) is 72.4 Å². The summed E-state index contributed by atoms with van der Waals surface area (Å²) in [5.41, 5.74) is 5.09. The molecule has 0 aliphatic carbocycles. The topological polar surface area (TPSA) is 76.6 Å². The zero-order valence-corrected chi connectivity index (χ0v) is 22.3. The van der Waals surface area contributed by atoms with Gasteiger partial charge in [0.05, 0.1) is 20.8 Å². The van der Waals surface area contributed by atoms with Crippen molar-refractivity contribution in [2.75, 3.05) is 20.8 Å². The fourth-order valence-electron chi connectivity index (χ4n) is 3.94. The van der Waals surface area contributed by atoms with E-state index in [4.69, 9.17) is 9.47 Å². The van der Waals surface area contributed by atoms with Crippen molar-refractivity contribution in [2.24, 2.45) is 0 Å². The summed E-state index contributed by atoms with van der Waals surface area (Å²) in [6, 6.07) is 18.4. The maximum absolute atomic E-state index is 12.6. The Kier molecular flexibility index (Phi) is 9.24. The number of benzene rings is 2. The molecule has 0 unspecified atom stereocenters. The standard InChI is InChI=1S/C29H32N4O3S/c1-21-4-6-24(7-5-21)18-33(15-12-22-8-9-26(35-2)27(16-22)36-3)19-28-32-25(20-37-28)29(34)31-17-23-10-13-30-14-11-23/h4-11,13-14,16,20H,12,15,17-19H2,1-3H3,(H,31,34). The molecular formula is C29H32N4O3S. The van der Waals surface area contributed by atoms with Crippen molar-refractivity contribution in [3.8, 4) is 11.5 Å². The van der Waals surface area contributed by atoms with Crippen LogP contribution in [-0.4, -0.2) is 41.5 Å². The largest absolute Gasteiger partial charge is 0.493 e. The number of hydrogen-bond acceptors (Lipinski definition) is 7. The molecule has 37 heavy (non-hydrogen) atoms. The molecule has 0 aliphatic rings. The second-order valence-corrected chi connectivity index (χ2v) is 9.74. The summed E-state index contributed by atoms with van der Waals surface area (Å²) in [5.74, 6) is 1.28. The highest BCUT2D eigenvalue weighted by molar-refractivity contribution is 7.09. The molecule has 2 aromatic heterocycles. The van der Waals surface area contributed by atoms with Gasteiger partial charge in [-0.15, -0.1) is 11.3 Å². The van der Waals surface area contributed by atoms with Crippen LogP contribution in [0.25, 0.3) is 0 Å². The minimum Gasteiger partial charge on any atom is -0.493 e. The lowest BCUT2D eigenvalue weighted by atomic mass is 10.1. The summed E-state index contributed by atoms with van der Waals surface area (Å²) in [6.07, 6.45) is 4.27. The van der Waals surface area contributed by atoms with Crippen molar-refractivity contribution in [1.29, 1.82) is 0 Å². The van der Waals surface area contributed by atoms with Gasteiger partial charge >= 0.3 is 0 Å². The van der Waals surface area contributed by atoms with Gasteiger partial charge in [0.15, 0.2) is 11.5 Å². The van der Waals surface area contributed by atoms with Gasteiger partial charge in [0.1, 0.15) is 10.7 Å². The van der Waals surface area contributed by atoms with E-state index in [-0.39, 0.29) is 5.91 Å². The number of hydrogen-bond donors (Lipinski definition) is 1. The predicted octanol–water partition coefficient (Wildman–Crippen LogP) is 5.04. The Morgan fingerprint density at radius 1 is 0.919 bits per heavy atom. The molecule has 0 fully saturated rings.